The Hall–Kier alpha value is -0.280. The monoisotopic (exact) mass is 167 g/mol. The van der Waals surface area contributed by atoms with Crippen molar-refractivity contribution < 1.29 is 9.59 Å². The van der Waals surface area contributed by atoms with E-state index in [0.717, 1.165) is 0 Å². The fourth-order valence-corrected chi connectivity index (χ4v) is 0.863. The molecule has 9 heavy (non-hydrogen) atoms. The van der Waals surface area contributed by atoms with E-state index in [1.54, 1.807) is 0 Å². The number of hydrogen-bond acceptors (Lipinski definition) is 2. The number of carbonyl (C=O) groups is 2. The van der Waals surface area contributed by atoms with Gasteiger partial charge in [0.25, 0.3) is 0 Å². The molecule has 50 valence electrons. The molecule has 3 nitrogen and oxygen atoms in total. The maximum absolute atomic E-state index is 10.4. The molecule has 1 rings (SSSR count). The lowest BCUT2D eigenvalue weighted by molar-refractivity contribution is -0.124. The predicted molar refractivity (Wildman–Crippen MR) is 32.4 cm³/mol. The topological polar surface area (TPSA) is 46.2 Å². The van der Waals surface area contributed by atoms with Crippen LogP contribution in [-0.2, 0) is 9.59 Å². The first-order valence-electron chi connectivity index (χ1n) is 2.26. The van der Waals surface area contributed by atoms with Crippen LogP contribution in [0.1, 0.15) is 0 Å². The Morgan fingerprint density at radius 1 is 1.11 bits per heavy atom. The molecule has 1 fully saturated rings. The van der Waals surface area contributed by atoms with E-state index >= 15 is 0 Å². The number of amides is 2. The van der Waals surface area contributed by atoms with Crippen molar-refractivity contribution in [2.75, 3.05) is 0 Å². The molecule has 0 aromatic carbocycles. The van der Waals surface area contributed by atoms with Gasteiger partial charge in [0.15, 0.2) is 0 Å². The van der Waals surface area contributed by atoms with E-state index in [1.807, 2.05) is 5.32 Å². The molecular formula is C4H3Cl2NO2. The minimum Gasteiger partial charge on any atom is -0.294 e. The lowest BCUT2D eigenvalue weighted by atomic mass is 10.3. The molecule has 5 heteroatoms. The number of halogens is 2. The summed E-state index contributed by atoms with van der Waals surface area (Å²) in [6.07, 6.45) is 0. The summed E-state index contributed by atoms with van der Waals surface area (Å²) in [5.41, 5.74) is 0. The summed E-state index contributed by atoms with van der Waals surface area (Å²) in [7, 11) is 0. The van der Waals surface area contributed by atoms with E-state index in [0.29, 0.717) is 0 Å². The van der Waals surface area contributed by atoms with E-state index < -0.39 is 22.6 Å². The number of imide groups is 1. The Morgan fingerprint density at radius 2 is 1.44 bits per heavy atom. The Kier molecular flexibility index (Phi) is 1.64. The minimum absolute atomic E-state index is 0.512. The Morgan fingerprint density at radius 3 is 1.56 bits per heavy atom. The molecule has 0 radical (unpaired) electrons. The van der Waals surface area contributed by atoms with Gasteiger partial charge in [-0.3, -0.25) is 14.9 Å². The number of alkyl halides is 2. The van der Waals surface area contributed by atoms with Crippen molar-refractivity contribution in [3.8, 4) is 0 Å². The highest BCUT2D eigenvalue weighted by molar-refractivity contribution is 6.47. The SMILES string of the molecule is O=C1NC(=O)C(Cl)C1Cl. The summed E-state index contributed by atoms with van der Waals surface area (Å²) < 4.78 is 0. The van der Waals surface area contributed by atoms with Gasteiger partial charge in [-0.05, 0) is 0 Å². The summed E-state index contributed by atoms with van der Waals surface area (Å²) in [5.74, 6) is -1.02. The van der Waals surface area contributed by atoms with Crippen molar-refractivity contribution >= 4 is 35.0 Å². The van der Waals surface area contributed by atoms with Crippen molar-refractivity contribution in [3.05, 3.63) is 0 Å². The maximum Gasteiger partial charge on any atom is 0.246 e. The van der Waals surface area contributed by atoms with Gasteiger partial charge < -0.3 is 0 Å². The third-order valence-corrected chi connectivity index (χ3v) is 2.03. The fourth-order valence-electron chi connectivity index (χ4n) is 0.525. The first-order valence-corrected chi connectivity index (χ1v) is 3.13. The minimum atomic E-state index is -0.904. The van der Waals surface area contributed by atoms with E-state index in [9.17, 15) is 9.59 Å². The molecule has 1 aliphatic rings. The molecule has 2 atom stereocenters. The van der Waals surface area contributed by atoms with E-state index in [2.05, 4.69) is 0 Å². The second-order valence-electron chi connectivity index (χ2n) is 1.66. The number of nitrogens with one attached hydrogen (secondary N) is 1. The second-order valence-corrected chi connectivity index (χ2v) is 2.60. The van der Waals surface area contributed by atoms with Crippen molar-refractivity contribution in [2.45, 2.75) is 10.8 Å². The molecular weight excluding hydrogens is 165 g/mol. The normalized spacial score (nSPS) is 34.9. The fraction of sp³-hybridized carbons (Fsp3) is 0.500. The molecule has 1 N–H and O–H groups in total. The van der Waals surface area contributed by atoms with Gasteiger partial charge in [0, 0.05) is 0 Å². The first-order chi connectivity index (χ1) is 4.13. The molecule has 0 spiro atoms. The van der Waals surface area contributed by atoms with Crippen LogP contribution in [0.25, 0.3) is 0 Å². The Bertz CT molecular complexity index is 152. The summed E-state index contributed by atoms with van der Waals surface area (Å²) in [5, 5.41) is 0.167. The molecule has 2 amide bonds. The van der Waals surface area contributed by atoms with Gasteiger partial charge in [0.2, 0.25) is 11.8 Å². The van der Waals surface area contributed by atoms with Crippen LogP contribution in [0.3, 0.4) is 0 Å². The Labute approximate surface area is 61.3 Å². The zero-order valence-corrected chi connectivity index (χ0v) is 5.74. The third-order valence-electron chi connectivity index (χ3n) is 1.00. The molecule has 2 unspecified atom stereocenters. The molecule has 0 saturated carbocycles. The molecule has 0 aliphatic carbocycles. The third kappa shape index (κ3) is 1.02. The van der Waals surface area contributed by atoms with Crippen molar-refractivity contribution in [1.29, 1.82) is 0 Å². The molecule has 0 aromatic rings. The smallest absolute Gasteiger partial charge is 0.246 e. The standard InChI is InChI=1S/C4H3Cl2NO2/c5-1-2(6)4(9)7-3(1)8/h1-2H,(H,7,8,9). The van der Waals surface area contributed by atoms with Gasteiger partial charge in [0.1, 0.15) is 10.8 Å². The first kappa shape index (κ1) is 6.83. The predicted octanol–water partition coefficient (Wildman–Crippen LogP) is -0.142. The highest BCUT2D eigenvalue weighted by Gasteiger charge is 2.38. The van der Waals surface area contributed by atoms with Gasteiger partial charge in [-0.25, -0.2) is 0 Å². The largest absolute Gasteiger partial charge is 0.294 e. The van der Waals surface area contributed by atoms with Crippen molar-refractivity contribution in [1.82, 2.24) is 5.32 Å². The number of carbonyl (C=O) groups excluding carboxylic acids is 2. The molecule has 0 aromatic heterocycles. The van der Waals surface area contributed by atoms with Crippen LogP contribution in [0.5, 0.6) is 0 Å². The van der Waals surface area contributed by atoms with Crippen LogP contribution in [-0.4, -0.2) is 22.6 Å². The maximum atomic E-state index is 10.4. The average Bonchev–Trinajstić information content (AvgIpc) is 1.98. The Balaban J connectivity index is 2.77. The van der Waals surface area contributed by atoms with Crippen LogP contribution in [0.4, 0.5) is 0 Å². The lowest BCUT2D eigenvalue weighted by Gasteiger charge is -1.94. The summed E-state index contributed by atoms with van der Waals surface area (Å²) >= 11 is 10.7. The lowest BCUT2D eigenvalue weighted by Crippen LogP contribution is -2.22. The van der Waals surface area contributed by atoms with E-state index in [-0.39, 0.29) is 0 Å². The summed E-state index contributed by atoms with van der Waals surface area (Å²) in [6, 6.07) is 0. The van der Waals surface area contributed by atoms with Crippen LogP contribution in [0.2, 0.25) is 0 Å². The highest BCUT2D eigenvalue weighted by Crippen LogP contribution is 2.15. The van der Waals surface area contributed by atoms with Gasteiger partial charge >= 0.3 is 0 Å². The van der Waals surface area contributed by atoms with Gasteiger partial charge in [-0.15, -0.1) is 23.2 Å². The van der Waals surface area contributed by atoms with Gasteiger partial charge in [-0.2, -0.15) is 0 Å². The van der Waals surface area contributed by atoms with E-state index in [1.165, 1.54) is 0 Å². The summed E-state index contributed by atoms with van der Waals surface area (Å²) in [6.45, 7) is 0. The zero-order valence-electron chi connectivity index (χ0n) is 4.23. The molecule has 1 saturated heterocycles. The molecule has 1 aliphatic heterocycles. The number of rotatable bonds is 0. The van der Waals surface area contributed by atoms with E-state index in [4.69, 9.17) is 23.2 Å². The molecule has 0 bridgehead atoms. The highest BCUT2D eigenvalue weighted by atomic mass is 35.5. The van der Waals surface area contributed by atoms with Crippen LogP contribution < -0.4 is 5.32 Å². The van der Waals surface area contributed by atoms with Crippen LogP contribution >= 0.6 is 23.2 Å². The quantitative estimate of drug-likeness (QED) is 0.404. The number of hydrogen-bond donors (Lipinski definition) is 1. The van der Waals surface area contributed by atoms with Crippen LogP contribution in [0, 0.1) is 0 Å². The zero-order chi connectivity index (χ0) is 7.02. The van der Waals surface area contributed by atoms with Gasteiger partial charge in [0.05, 0.1) is 0 Å². The average molecular weight is 168 g/mol. The summed E-state index contributed by atoms with van der Waals surface area (Å²) in [4.78, 5) is 20.9. The van der Waals surface area contributed by atoms with Crippen molar-refractivity contribution in [3.63, 3.8) is 0 Å². The van der Waals surface area contributed by atoms with Gasteiger partial charge in [-0.1, -0.05) is 0 Å². The van der Waals surface area contributed by atoms with Crippen molar-refractivity contribution in [2.24, 2.45) is 0 Å². The molecule has 1 heterocycles. The van der Waals surface area contributed by atoms with Crippen LogP contribution in [0.15, 0.2) is 0 Å². The second kappa shape index (κ2) is 2.15.